The summed E-state index contributed by atoms with van der Waals surface area (Å²) >= 11 is 1.32. The molecule has 1 heterocycles. The van der Waals surface area contributed by atoms with Gasteiger partial charge in [-0.3, -0.25) is 4.79 Å². The number of hydrogen-bond acceptors (Lipinski definition) is 2. The molecule has 0 aliphatic rings. The van der Waals surface area contributed by atoms with E-state index in [0.717, 1.165) is 11.9 Å². The van der Waals surface area contributed by atoms with Gasteiger partial charge in [0.05, 0.1) is 6.54 Å². The normalized spacial score (nSPS) is 11.4. The highest BCUT2D eigenvalue weighted by Gasteiger charge is 2.41. The number of nitrogens with zero attached hydrogens (tertiary/aromatic N) is 1. The van der Waals surface area contributed by atoms with Crippen LogP contribution in [0.15, 0.2) is 17.5 Å². The molecular weight excluding hydrogens is 215 g/mol. The molecule has 6 heteroatoms. The fourth-order valence-corrected chi connectivity index (χ4v) is 1.68. The van der Waals surface area contributed by atoms with Crippen LogP contribution in [0.5, 0.6) is 0 Å². The molecule has 0 fully saturated rings. The minimum Gasteiger partial charge on any atom is -0.333 e. The zero-order chi connectivity index (χ0) is 10.8. The molecule has 1 aromatic rings. The summed E-state index contributed by atoms with van der Waals surface area (Å²) in [5.74, 6) is -1.81. The smallest absolute Gasteiger partial charge is 0.333 e. The first-order valence-corrected chi connectivity index (χ1v) is 4.64. The Kier molecular flexibility index (Phi) is 3.15. The van der Waals surface area contributed by atoms with E-state index in [0.29, 0.717) is 4.90 Å². The molecule has 0 saturated carbocycles. The number of thiophene rings is 1. The van der Waals surface area contributed by atoms with E-state index in [1.54, 1.807) is 17.5 Å². The summed E-state index contributed by atoms with van der Waals surface area (Å²) in [5, 5.41) is 1.75. The maximum Gasteiger partial charge on any atom is 0.471 e. The van der Waals surface area contributed by atoms with E-state index in [1.165, 1.54) is 11.3 Å². The molecule has 1 amide bonds. The van der Waals surface area contributed by atoms with Crippen LogP contribution in [-0.4, -0.2) is 24.0 Å². The molecule has 0 aliphatic carbocycles. The molecule has 0 saturated heterocycles. The number of alkyl halides is 3. The Morgan fingerprint density at radius 1 is 1.57 bits per heavy atom. The number of halogens is 3. The molecule has 2 nitrogen and oxygen atoms in total. The lowest BCUT2D eigenvalue weighted by atomic mass is 10.4. The van der Waals surface area contributed by atoms with Crippen LogP contribution < -0.4 is 0 Å². The molecule has 0 atom stereocenters. The van der Waals surface area contributed by atoms with Crippen LogP contribution in [0.3, 0.4) is 0 Å². The predicted octanol–water partition coefficient (Wildman–Crippen LogP) is 2.27. The highest BCUT2D eigenvalue weighted by molar-refractivity contribution is 7.09. The van der Waals surface area contributed by atoms with E-state index in [4.69, 9.17) is 0 Å². The number of rotatable bonds is 2. The lowest BCUT2D eigenvalue weighted by Gasteiger charge is -2.17. The van der Waals surface area contributed by atoms with Gasteiger partial charge in [-0.2, -0.15) is 13.2 Å². The van der Waals surface area contributed by atoms with Gasteiger partial charge in [0.25, 0.3) is 0 Å². The number of carbonyl (C=O) groups is 1. The SMILES string of the molecule is CN(Cc1cccs1)C(=O)C(F)(F)F. The van der Waals surface area contributed by atoms with E-state index in [-0.39, 0.29) is 6.54 Å². The third-order valence-corrected chi connectivity index (χ3v) is 2.42. The topological polar surface area (TPSA) is 20.3 Å². The maximum absolute atomic E-state index is 11.9. The standard InChI is InChI=1S/C8H8F3NOS/c1-12(7(13)8(9,10)11)5-6-3-2-4-14-6/h2-4H,5H2,1H3. The molecule has 0 radical (unpaired) electrons. The number of carbonyl (C=O) groups excluding carboxylic acids is 1. The molecular formula is C8H8F3NOS. The maximum atomic E-state index is 11.9. The van der Waals surface area contributed by atoms with Crippen molar-refractivity contribution in [3.8, 4) is 0 Å². The monoisotopic (exact) mass is 223 g/mol. The van der Waals surface area contributed by atoms with Crippen molar-refractivity contribution in [3.05, 3.63) is 22.4 Å². The molecule has 0 N–H and O–H groups in total. The molecule has 1 aromatic heterocycles. The second-order valence-electron chi connectivity index (χ2n) is 2.74. The molecule has 0 aromatic carbocycles. The average Bonchev–Trinajstić information content (AvgIpc) is 2.53. The Morgan fingerprint density at radius 3 is 2.64 bits per heavy atom. The first kappa shape index (κ1) is 11.0. The summed E-state index contributed by atoms with van der Waals surface area (Å²) in [4.78, 5) is 12.1. The van der Waals surface area contributed by atoms with Gasteiger partial charge in [0.2, 0.25) is 0 Å². The molecule has 0 unspecified atom stereocenters. The Labute approximate surface area is 82.9 Å². The van der Waals surface area contributed by atoms with Crippen molar-refractivity contribution in [2.45, 2.75) is 12.7 Å². The quantitative estimate of drug-likeness (QED) is 0.753. The van der Waals surface area contributed by atoms with E-state index in [2.05, 4.69) is 0 Å². The fraction of sp³-hybridized carbons (Fsp3) is 0.375. The molecule has 1 rings (SSSR count). The summed E-state index contributed by atoms with van der Waals surface area (Å²) in [5.41, 5.74) is 0. The highest BCUT2D eigenvalue weighted by Crippen LogP contribution is 2.19. The van der Waals surface area contributed by atoms with E-state index in [9.17, 15) is 18.0 Å². The first-order chi connectivity index (χ1) is 6.41. The van der Waals surface area contributed by atoms with Gasteiger partial charge in [-0.25, -0.2) is 0 Å². The molecule has 78 valence electrons. The van der Waals surface area contributed by atoms with Gasteiger partial charge in [0, 0.05) is 11.9 Å². The van der Waals surface area contributed by atoms with Crippen LogP contribution in [0.2, 0.25) is 0 Å². The summed E-state index contributed by atoms with van der Waals surface area (Å²) in [6, 6.07) is 3.41. The van der Waals surface area contributed by atoms with Crippen molar-refractivity contribution in [2.75, 3.05) is 7.05 Å². The minimum absolute atomic E-state index is 0.00396. The Hall–Kier alpha value is -1.04. The van der Waals surface area contributed by atoms with Crippen molar-refractivity contribution in [2.24, 2.45) is 0 Å². The largest absolute Gasteiger partial charge is 0.471 e. The van der Waals surface area contributed by atoms with Crippen molar-refractivity contribution in [1.29, 1.82) is 0 Å². The van der Waals surface area contributed by atoms with Gasteiger partial charge in [-0.1, -0.05) is 6.07 Å². The average molecular weight is 223 g/mol. The van der Waals surface area contributed by atoms with Gasteiger partial charge in [0.1, 0.15) is 0 Å². The Bertz CT molecular complexity index is 307. The van der Waals surface area contributed by atoms with Crippen LogP contribution in [-0.2, 0) is 11.3 Å². The zero-order valence-electron chi connectivity index (χ0n) is 7.34. The van der Waals surface area contributed by atoms with E-state index >= 15 is 0 Å². The molecule has 0 spiro atoms. The van der Waals surface area contributed by atoms with Gasteiger partial charge in [0.15, 0.2) is 0 Å². The summed E-state index contributed by atoms with van der Waals surface area (Å²) in [6.45, 7) is -0.00396. The summed E-state index contributed by atoms with van der Waals surface area (Å²) < 4.78 is 35.8. The third kappa shape index (κ3) is 2.73. The van der Waals surface area contributed by atoms with Crippen molar-refractivity contribution in [1.82, 2.24) is 4.90 Å². The highest BCUT2D eigenvalue weighted by atomic mass is 32.1. The molecule has 14 heavy (non-hydrogen) atoms. The zero-order valence-corrected chi connectivity index (χ0v) is 8.15. The van der Waals surface area contributed by atoms with Crippen LogP contribution >= 0.6 is 11.3 Å². The second kappa shape index (κ2) is 4.00. The number of amides is 1. The third-order valence-electron chi connectivity index (χ3n) is 1.56. The van der Waals surface area contributed by atoms with Crippen LogP contribution in [0, 0.1) is 0 Å². The van der Waals surface area contributed by atoms with Gasteiger partial charge >= 0.3 is 12.1 Å². The van der Waals surface area contributed by atoms with Crippen LogP contribution in [0.25, 0.3) is 0 Å². The second-order valence-corrected chi connectivity index (χ2v) is 3.77. The predicted molar refractivity (Wildman–Crippen MR) is 46.8 cm³/mol. The Balaban J connectivity index is 2.59. The number of hydrogen-bond donors (Lipinski definition) is 0. The lowest BCUT2D eigenvalue weighted by molar-refractivity contribution is -0.184. The van der Waals surface area contributed by atoms with Crippen molar-refractivity contribution >= 4 is 17.2 Å². The minimum atomic E-state index is -4.79. The van der Waals surface area contributed by atoms with Gasteiger partial charge in [-0.15, -0.1) is 11.3 Å². The Morgan fingerprint density at radius 2 is 2.21 bits per heavy atom. The van der Waals surface area contributed by atoms with E-state index in [1.807, 2.05) is 0 Å². The molecule has 0 bridgehead atoms. The van der Waals surface area contributed by atoms with Crippen molar-refractivity contribution < 1.29 is 18.0 Å². The van der Waals surface area contributed by atoms with Crippen LogP contribution in [0.4, 0.5) is 13.2 Å². The van der Waals surface area contributed by atoms with Gasteiger partial charge in [-0.05, 0) is 11.4 Å². The van der Waals surface area contributed by atoms with Gasteiger partial charge < -0.3 is 4.90 Å². The summed E-state index contributed by atoms with van der Waals surface area (Å²) in [7, 11) is 1.13. The van der Waals surface area contributed by atoms with Crippen LogP contribution in [0.1, 0.15) is 4.88 Å². The van der Waals surface area contributed by atoms with E-state index < -0.39 is 12.1 Å². The fourth-order valence-electron chi connectivity index (χ4n) is 0.925. The summed E-state index contributed by atoms with van der Waals surface area (Å²) in [6.07, 6.45) is -4.79. The van der Waals surface area contributed by atoms with Crippen molar-refractivity contribution in [3.63, 3.8) is 0 Å². The molecule has 0 aliphatic heterocycles. The lowest BCUT2D eigenvalue weighted by Crippen LogP contribution is -2.37. The first-order valence-electron chi connectivity index (χ1n) is 3.76.